The molecule has 1 aromatic carbocycles. The molecule has 0 aliphatic heterocycles. The third kappa shape index (κ3) is 2.73. The normalized spacial score (nSPS) is 10.4. The molecule has 2 aromatic rings. The Morgan fingerprint density at radius 1 is 1.33 bits per heavy atom. The van der Waals surface area contributed by atoms with Gasteiger partial charge < -0.3 is 9.88 Å². The summed E-state index contributed by atoms with van der Waals surface area (Å²) in [6.07, 6.45) is 1.76. The number of hydrogen-bond acceptors (Lipinski definition) is 3. The van der Waals surface area contributed by atoms with Crippen LogP contribution >= 0.6 is 11.8 Å². The van der Waals surface area contributed by atoms with Gasteiger partial charge in [0.05, 0.1) is 11.9 Å². The predicted molar refractivity (Wildman–Crippen MR) is 73.7 cm³/mol. The zero-order valence-electron chi connectivity index (χ0n) is 10.6. The zero-order valence-corrected chi connectivity index (χ0v) is 11.4. The lowest BCUT2D eigenvalue weighted by molar-refractivity contribution is 0.241. The number of carbonyl (C=O) groups is 1. The van der Waals surface area contributed by atoms with Crippen molar-refractivity contribution in [3.8, 4) is 11.3 Å². The quantitative estimate of drug-likeness (QED) is 0.845. The minimum Gasteiger partial charge on any atom is -0.339 e. The molecular weight excluding hydrogens is 246 g/mol. The Labute approximate surface area is 110 Å². The number of aryl methyl sites for hydroxylation is 1. The highest BCUT2D eigenvalue weighted by molar-refractivity contribution is 8.13. The number of hydrogen-bond donors (Lipinski definition) is 1. The zero-order chi connectivity index (χ0) is 13.1. The van der Waals surface area contributed by atoms with Crippen LogP contribution in [0.4, 0.5) is 4.79 Å². The van der Waals surface area contributed by atoms with Crippen LogP contribution in [-0.2, 0) is 0 Å². The molecule has 1 amide bonds. The van der Waals surface area contributed by atoms with Crippen LogP contribution in [0.2, 0.25) is 0 Å². The van der Waals surface area contributed by atoms with Crippen molar-refractivity contribution in [3.63, 3.8) is 0 Å². The summed E-state index contributed by atoms with van der Waals surface area (Å²) in [5.41, 5.74) is 3.22. The number of H-pyrrole nitrogens is 1. The van der Waals surface area contributed by atoms with Crippen LogP contribution < -0.4 is 0 Å². The molecule has 0 aliphatic carbocycles. The second kappa shape index (κ2) is 5.27. The summed E-state index contributed by atoms with van der Waals surface area (Å²) >= 11 is 1.09. The van der Waals surface area contributed by atoms with Gasteiger partial charge in [0.25, 0.3) is 5.24 Å². The minimum absolute atomic E-state index is 0.0410. The average molecular weight is 261 g/mol. The van der Waals surface area contributed by atoms with Crippen LogP contribution in [0.1, 0.15) is 5.56 Å². The van der Waals surface area contributed by atoms with E-state index in [1.54, 1.807) is 20.3 Å². The molecule has 1 heterocycles. The Bertz CT molecular complexity index is 563. The van der Waals surface area contributed by atoms with Crippen molar-refractivity contribution in [1.29, 1.82) is 0 Å². The van der Waals surface area contributed by atoms with Crippen molar-refractivity contribution in [2.24, 2.45) is 0 Å². The topological polar surface area (TPSA) is 49.0 Å². The van der Waals surface area contributed by atoms with E-state index in [2.05, 4.69) is 9.97 Å². The van der Waals surface area contributed by atoms with Crippen molar-refractivity contribution in [2.45, 2.75) is 12.1 Å². The lowest BCUT2D eigenvalue weighted by Crippen LogP contribution is -2.16. The second-order valence-corrected chi connectivity index (χ2v) is 5.12. The van der Waals surface area contributed by atoms with Gasteiger partial charge in [0.2, 0.25) is 0 Å². The van der Waals surface area contributed by atoms with Gasteiger partial charge in [-0.2, -0.15) is 0 Å². The van der Waals surface area contributed by atoms with Crippen LogP contribution in [0.3, 0.4) is 0 Å². The predicted octanol–water partition coefficient (Wildman–Crippen LogP) is 3.16. The van der Waals surface area contributed by atoms with E-state index in [1.807, 2.05) is 31.2 Å². The van der Waals surface area contributed by atoms with E-state index in [0.29, 0.717) is 5.16 Å². The number of aromatic amines is 1. The summed E-state index contributed by atoms with van der Waals surface area (Å²) in [4.78, 5) is 20.5. The van der Waals surface area contributed by atoms with Crippen LogP contribution in [0, 0.1) is 6.92 Å². The van der Waals surface area contributed by atoms with Gasteiger partial charge >= 0.3 is 0 Å². The maximum Gasteiger partial charge on any atom is 0.288 e. The highest BCUT2D eigenvalue weighted by Gasteiger charge is 2.11. The van der Waals surface area contributed by atoms with Gasteiger partial charge in [-0.15, -0.1) is 0 Å². The van der Waals surface area contributed by atoms with Gasteiger partial charge in [-0.25, -0.2) is 4.98 Å². The van der Waals surface area contributed by atoms with E-state index < -0.39 is 0 Å². The Morgan fingerprint density at radius 2 is 2.06 bits per heavy atom. The molecule has 5 heteroatoms. The van der Waals surface area contributed by atoms with Crippen LogP contribution in [0.25, 0.3) is 11.3 Å². The molecule has 94 valence electrons. The molecule has 0 spiro atoms. The lowest BCUT2D eigenvalue weighted by Gasteiger charge is -2.07. The monoisotopic (exact) mass is 261 g/mol. The van der Waals surface area contributed by atoms with E-state index >= 15 is 0 Å². The van der Waals surface area contributed by atoms with Gasteiger partial charge in [0, 0.05) is 31.4 Å². The molecule has 0 saturated carbocycles. The van der Waals surface area contributed by atoms with E-state index in [-0.39, 0.29) is 5.24 Å². The fraction of sp³-hybridized carbons (Fsp3) is 0.231. The summed E-state index contributed by atoms with van der Waals surface area (Å²) in [6, 6.07) is 8.07. The summed E-state index contributed by atoms with van der Waals surface area (Å²) in [5.74, 6) is 0. The summed E-state index contributed by atoms with van der Waals surface area (Å²) in [7, 11) is 3.45. The molecule has 1 N–H and O–H groups in total. The first-order chi connectivity index (χ1) is 8.58. The largest absolute Gasteiger partial charge is 0.339 e. The molecule has 4 nitrogen and oxygen atoms in total. The van der Waals surface area contributed by atoms with Crippen molar-refractivity contribution in [2.75, 3.05) is 14.1 Å². The highest BCUT2D eigenvalue weighted by Crippen LogP contribution is 2.24. The molecule has 0 aliphatic rings. The number of nitrogens with zero attached hydrogens (tertiary/aromatic N) is 2. The van der Waals surface area contributed by atoms with Gasteiger partial charge in [-0.3, -0.25) is 4.79 Å². The van der Waals surface area contributed by atoms with E-state index in [9.17, 15) is 4.79 Å². The Balaban J connectivity index is 2.21. The number of thioether (sulfide) groups is 1. The fourth-order valence-corrected chi connectivity index (χ4v) is 2.16. The summed E-state index contributed by atoms with van der Waals surface area (Å²) in [6.45, 7) is 2.05. The molecule has 0 unspecified atom stereocenters. The van der Waals surface area contributed by atoms with Gasteiger partial charge in [0.15, 0.2) is 5.16 Å². The smallest absolute Gasteiger partial charge is 0.288 e. The molecular formula is C13H15N3OS. The Morgan fingerprint density at radius 3 is 2.72 bits per heavy atom. The number of amides is 1. The maximum atomic E-state index is 11.6. The first kappa shape index (κ1) is 12.7. The fourth-order valence-electron chi connectivity index (χ4n) is 1.54. The summed E-state index contributed by atoms with van der Waals surface area (Å²) < 4.78 is 0. The standard InChI is InChI=1S/C13H15N3OS/c1-9-6-4-5-7-10(9)11-8-14-12(15-11)18-13(17)16(2)3/h4-8H,1-3H3,(H,14,15). The SMILES string of the molecule is Cc1ccccc1-c1cnc(SC(=O)N(C)C)[nH]1. The Kier molecular flexibility index (Phi) is 3.72. The first-order valence-electron chi connectivity index (χ1n) is 5.58. The number of rotatable bonds is 2. The van der Waals surface area contributed by atoms with Gasteiger partial charge in [0.1, 0.15) is 0 Å². The van der Waals surface area contributed by atoms with Gasteiger partial charge in [-0.1, -0.05) is 24.3 Å². The first-order valence-corrected chi connectivity index (χ1v) is 6.39. The van der Waals surface area contributed by atoms with E-state index in [1.165, 1.54) is 10.5 Å². The summed E-state index contributed by atoms with van der Waals surface area (Å²) in [5, 5.41) is 0.577. The van der Waals surface area contributed by atoms with Crippen molar-refractivity contribution >= 4 is 17.0 Å². The number of carbonyl (C=O) groups excluding carboxylic acids is 1. The average Bonchev–Trinajstić information content (AvgIpc) is 2.77. The molecule has 2 rings (SSSR count). The maximum absolute atomic E-state index is 11.6. The molecule has 0 atom stereocenters. The third-order valence-electron chi connectivity index (χ3n) is 2.54. The number of aromatic nitrogens is 2. The third-order valence-corrected chi connectivity index (χ3v) is 3.48. The molecule has 0 fully saturated rings. The number of nitrogens with one attached hydrogen (secondary N) is 1. The van der Waals surface area contributed by atoms with Crippen LogP contribution in [-0.4, -0.2) is 34.2 Å². The van der Waals surface area contributed by atoms with Crippen LogP contribution in [0.15, 0.2) is 35.6 Å². The lowest BCUT2D eigenvalue weighted by atomic mass is 10.1. The van der Waals surface area contributed by atoms with E-state index in [0.717, 1.165) is 23.0 Å². The molecule has 0 bridgehead atoms. The highest BCUT2D eigenvalue weighted by atomic mass is 32.2. The van der Waals surface area contributed by atoms with Crippen LogP contribution in [0.5, 0.6) is 0 Å². The molecule has 1 aromatic heterocycles. The molecule has 0 saturated heterocycles. The molecule has 18 heavy (non-hydrogen) atoms. The minimum atomic E-state index is -0.0410. The van der Waals surface area contributed by atoms with Gasteiger partial charge in [-0.05, 0) is 12.5 Å². The molecule has 0 radical (unpaired) electrons. The number of benzene rings is 1. The second-order valence-electron chi connectivity index (χ2n) is 4.18. The Hall–Kier alpha value is -1.75. The van der Waals surface area contributed by atoms with E-state index in [4.69, 9.17) is 0 Å². The van der Waals surface area contributed by atoms with Crippen molar-refractivity contribution in [1.82, 2.24) is 14.9 Å². The van der Waals surface area contributed by atoms with Crippen molar-refractivity contribution < 1.29 is 4.79 Å². The number of imidazole rings is 1. The van der Waals surface area contributed by atoms with Crippen molar-refractivity contribution in [3.05, 3.63) is 36.0 Å².